The van der Waals surface area contributed by atoms with Crippen molar-refractivity contribution in [3.05, 3.63) is 0 Å². The Morgan fingerprint density at radius 3 is 1.18 bits per heavy atom. The number of rotatable bonds is 25. The van der Waals surface area contributed by atoms with E-state index in [-0.39, 0.29) is 18.8 Å². The Hall–Kier alpha value is -0.160. The topological polar surface area (TPSA) is 63.9 Å². The molecular formula is C29H63NO3. The van der Waals surface area contributed by atoms with Crippen LogP contribution in [0.25, 0.3) is 0 Å². The molecule has 0 aliphatic carbocycles. The summed E-state index contributed by atoms with van der Waals surface area (Å²) in [7, 11) is 0. The number of hydrogen-bond donors (Lipinski definition) is 3. The molecule has 0 aromatic carbocycles. The molecule has 0 aliphatic rings. The van der Waals surface area contributed by atoms with E-state index in [4.69, 9.17) is 0 Å². The summed E-state index contributed by atoms with van der Waals surface area (Å²) < 4.78 is 0. The van der Waals surface area contributed by atoms with Crippen molar-refractivity contribution in [2.75, 3.05) is 26.2 Å². The summed E-state index contributed by atoms with van der Waals surface area (Å²) in [6.45, 7) is 10.6. The van der Waals surface area contributed by atoms with Crippen LogP contribution < -0.4 is 0 Å². The monoisotopic (exact) mass is 473 g/mol. The van der Waals surface area contributed by atoms with Crippen molar-refractivity contribution in [1.82, 2.24) is 4.90 Å². The van der Waals surface area contributed by atoms with Crippen molar-refractivity contribution in [2.45, 2.75) is 162 Å². The number of nitrogens with zero attached hydrogens (tertiary/aromatic N) is 1. The van der Waals surface area contributed by atoms with Gasteiger partial charge in [-0.1, -0.05) is 130 Å². The molecule has 0 aromatic rings. The van der Waals surface area contributed by atoms with E-state index in [0.717, 1.165) is 32.2 Å². The molecule has 0 amide bonds. The molecule has 0 saturated carbocycles. The van der Waals surface area contributed by atoms with Crippen LogP contribution in [0.4, 0.5) is 0 Å². The van der Waals surface area contributed by atoms with Crippen LogP contribution >= 0.6 is 0 Å². The highest BCUT2D eigenvalue weighted by Gasteiger charge is 2.15. The fourth-order valence-corrected chi connectivity index (χ4v) is 4.36. The number of aliphatic hydroxyl groups is 3. The van der Waals surface area contributed by atoms with Gasteiger partial charge in [0.25, 0.3) is 0 Å². The molecule has 2 atom stereocenters. The minimum atomic E-state index is -0.325. The summed E-state index contributed by atoms with van der Waals surface area (Å²) in [5.74, 6) is 0. The zero-order valence-electron chi connectivity index (χ0n) is 23.2. The fraction of sp³-hybridized carbons (Fsp3) is 1.00. The molecule has 0 radical (unpaired) electrons. The van der Waals surface area contributed by atoms with Gasteiger partial charge in [0, 0.05) is 26.2 Å². The molecule has 0 aromatic heterocycles. The van der Waals surface area contributed by atoms with E-state index in [9.17, 15) is 15.3 Å². The first-order chi connectivity index (χ1) is 16.1. The first-order valence-corrected chi connectivity index (χ1v) is 14.8. The van der Waals surface area contributed by atoms with Crippen LogP contribution in [0.1, 0.15) is 150 Å². The van der Waals surface area contributed by atoms with Crippen LogP contribution in [-0.2, 0) is 0 Å². The van der Waals surface area contributed by atoms with Crippen LogP contribution in [0.15, 0.2) is 0 Å². The number of unbranched alkanes of at least 4 members (excludes halogenated alkanes) is 14. The zero-order valence-corrected chi connectivity index (χ0v) is 23.2. The average Bonchev–Trinajstić information content (AvgIpc) is 2.82. The van der Waals surface area contributed by atoms with Crippen molar-refractivity contribution >= 4 is 0 Å². The van der Waals surface area contributed by atoms with Crippen LogP contribution in [0.5, 0.6) is 0 Å². The van der Waals surface area contributed by atoms with Crippen molar-refractivity contribution in [1.29, 1.82) is 0 Å². The standard InChI is InChI=1S/C27H57NO3.C2H6/c1-3-5-7-9-11-13-15-17-20-26(30)24-28(22-19-23-29)25-27(31)21-18-16-14-12-10-8-6-4-2;1-2/h26-27,29-31H,3-25H2,1-2H3;1-2H3. The van der Waals surface area contributed by atoms with E-state index in [0.29, 0.717) is 19.5 Å². The lowest BCUT2D eigenvalue weighted by atomic mass is 10.0. The Balaban J connectivity index is 0. The van der Waals surface area contributed by atoms with Gasteiger partial charge >= 0.3 is 0 Å². The van der Waals surface area contributed by atoms with E-state index in [1.165, 1.54) is 89.9 Å². The maximum Gasteiger partial charge on any atom is 0.0667 e. The van der Waals surface area contributed by atoms with Gasteiger partial charge in [-0.25, -0.2) is 0 Å². The zero-order chi connectivity index (χ0) is 25.0. The predicted molar refractivity (Wildman–Crippen MR) is 146 cm³/mol. The van der Waals surface area contributed by atoms with E-state index in [2.05, 4.69) is 18.7 Å². The van der Waals surface area contributed by atoms with E-state index in [1.807, 2.05) is 13.8 Å². The van der Waals surface area contributed by atoms with Gasteiger partial charge in [0.1, 0.15) is 0 Å². The molecule has 0 heterocycles. The summed E-state index contributed by atoms with van der Waals surface area (Å²) in [5.41, 5.74) is 0. The second kappa shape index (κ2) is 29.9. The summed E-state index contributed by atoms with van der Waals surface area (Å²) in [4.78, 5) is 2.15. The molecule has 0 bridgehead atoms. The maximum absolute atomic E-state index is 10.5. The minimum absolute atomic E-state index is 0.165. The van der Waals surface area contributed by atoms with Crippen LogP contribution in [0.3, 0.4) is 0 Å². The molecule has 0 spiro atoms. The van der Waals surface area contributed by atoms with Crippen LogP contribution in [0.2, 0.25) is 0 Å². The second-order valence-corrected chi connectivity index (χ2v) is 9.67. The van der Waals surface area contributed by atoms with Gasteiger partial charge in [-0.15, -0.1) is 0 Å². The van der Waals surface area contributed by atoms with Crippen molar-refractivity contribution in [3.63, 3.8) is 0 Å². The average molecular weight is 474 g/mol. The van der Waals surface area contributed by atoms with Gasteiger partial charge in [0.15, 0.2) is 0 Å². The first kappa shape index (κ1) is 35.0. The maximum atomic E-state index is 10.5. The molecule has 0 aliphatic heterocycles. The van der Waals surface area contributed by atoms with Crippen molar-refractivity contribution in [2.24, 2.45) is 0 Å². The van der Waals surface area contributed by atoms with Gasteiger partial charge < -0.3 is 15.3 Å². The first-order valence-electron chi connectivity index (χ1n) is 14.8. The predicted octanol–water partition coefficient (Wildman–Crippen LogP) is 7.48. The smallest absolute Gasteiger partial charge is 0.0667 e. The normalized spacial score (nSPS) is 13.1. The van der Waals surface area contributed by atoms with Gasteiger partial charge in [-0.3, -0.25) is 4.90 Å². The number of hydrogen-bond acceptors (Lipinski definition) is 4. The summed E-state index contributed by atoms with van der Waals surface area (Å²) >= 11 is 0. The van der Waals surface area contributed by atoms with Crippen LogP contribution in [-0.4, -0.2) is 58.7 Å². The molecule has 0 fully saturated rings. The Morgan fingerprint density at radius 2 is 0.848 bits per heavy atom. The van der Waals surface area contributed by atoms with Gasteiger partial charge in [-0.2, -0.15) is 0 Å². The highest BCUT2D eigenvalue weighted by Crippen LogP contribution is 2.13. The van der Waals surface area contributed by atoms with Gasteiger partial charge in [0.05, 0.1) is 12.2 Å². The summed E-state index contributed by atoms with van der Waals surface area (Å²) in [5, 5.41) is 30.1. The van der Waals surface area contributed by atoms with E-state index >= 15 is 0 Å². The molecule has 3 N–H and O–H groups in total. The lowest BCUT2D eigenvalue weighted by molar-refractivity contribution is 0.0573. The number of aliphatic hydroxyl groups excluding tert-OH is 3. The lowest BCUT2D eigenvalue weighted by Gasteiger charge is -2.27. The Bertz CT molecular complexity index is 313. The quantitative estimate of drug-likeness (QED) is 0.120. The fourth-order valence-electron chi connectivity index (χ4n) is 4.36. The van der Waals surface area contributed by atoms with Crippen molar-refractivity contribution < 1.29 is 15.3 Å². The Kier molecular flexibility index (Phi) is 31.7. The van der Waals surface area contributed by atoms with Gasteiger partial charge in [-0.05, 0) is 19.3 Å². The largest absolute Gasteiger partial charge is 0.396 e. The molecule has 0 saturated heterocycles. The highest BCUT2D eigenvalue weighted by molar-refractivity contribution is 4.70. The molecule has 33 heavy (non-hydrogen) atoms. The van der Waals surface area contributed by atoms with E-state index < -0.39 is 0 Å². The van der Waals surface area contributed by atoms with E-state index in [1.54, 1.807) is 0 Å². The third-order valence-electron chi connectivity index (χ3n) is 6.35. The molecule has 2 unspecified atom stereocenters. The third kappa shape index (κ3) is 28.0. The summed E-state index contributed by atoms with van der Waals surface area (Å²) in [6, 6.07) is 0. The molecule has 0 rings (SSSR count). The Labute approximate surface area is 208 Å². The molecule has 202 valence electrons. The summed E-state index contributed by atoms with van der Waals surface area (Å²) in [6.07, 6.45) is 22.3. The SMILES string of the molecule is CC.CCCCCCCCCCC(O)CN(CCCO)CC(O)CCCCCCCCCC. The molecular weight excluding hydrogens is 410 g/mol. The minimum Gasteiger partial charge on any atom is -0.396 e. The third-order valence-corrected chi connectivity index (χ3v) is 6.35. The molecule has 4 heteroatoms. The second-order valence-electron chi connectivity index (χ2n) is 9.67. The molecule has 4 nitrogen and oxygen atoms in total. The lowest BCUT2D eigenvalue weighted by Crippen LogP contribution is -2.39. The van der Waals surface area contributed by atoms with Gasteiger partial charge in [0.2, 0.25) is 0 Å². The van der Waals surface area contributed by atoms with Crippen molar-refractivity contribution in [3.8, 4) is 0 Å². The highest BCUT2D eigenvalue weighted by atomic mass is 16.3. The van der Waals surface area contributed by atoms with Crippen LogP contribution in [0, 0.1) is 0 Å². The Morgan fingerprint density at radius 1 is 0.515 bits per heavy atom.